The van der Waals surface area contributed by atoms with Crippen molar-refractivity contribution < 1.29 is 9.18 Å². The summed E-state index contributed by atoms with van der Waals surface area (Å²) in [4.78, 5) is 16.4. The number of nitrogens with one attached hydrogen (secondary N) is 1. The number of carbonyl (C=O) groups excluding carboxylic acids is 1. The van der Waals surface area contributed by atoms with Gasteiger partial charge in [-0.3, -0.25) is 4.79 Å². The number of hydrogen-bond donors (Lipinski definition) is 1. The minimum Gasteiger partial charge on any atom is -0.301 e. The lowest BCUT2D eigenvalue weighted by molar-refractivity contribution is -0.113. The molecular weight excluding hydrogens is 399 g/mol. The standard InChI is InChI=1S/C15H13FN4OS4/c1-2-22-14-19-20-15(25-14)24-8-12(21)18-13-17-11(7-23-13)9-3-5-10(16)6-4-9/h3-7H,2,8H2,1H3,(H,17,18,21). The second-order valence-electron chi connectivity index (χ2n) is 4.65. The Kier molecular flexibility index (Phi) is 6.40. The van der Waals surface area contributed by atoms with Crippen LogP contribution in [0.25, 0.3) is 11.3 Å². The lowest BCUT2D eigenvalue weighted by Gasteiger charge is -1.99. The van der Waals surface area contributed by atoms with E-state index in [0.29, 0.717) is 10.8 Å². The van der Waals surface area contributed by atoms with E-state index in [4.69, 9.17) is 0 Å². The molecule has 25 heavy (non-hydrogen) atoms. The van der Waals surface area contributed by atoms with Gasteiger partial charge in [-0.25, -0.2) is 9.37 Å². The van der Waals surface area contributed by atoms with Gasteiger partial charge >= 0.3 is 0 Å². The third-order valence-corrected chi connectivity index (χ3v) is 6.70. The minimum atomic E-state index is -0.290. The Morgan fingerprint density at radius 3 is 2.64 bits per heavy atom. The van der Waals surface area contributed by atoms with E-state index in [-0.39, 0.29) is 17.5 Å². The highest BCUT2D eigenvalue weighted by Crippen LogP contribution is 2.29. The first-order valence-corrected chi connectivity index (χ1v) is 10.9. The Morgan fingerprint density at radius 2 is 1.92 bits per heavy atom. The van der Waals surface area contributed by atoms with Crippen molar-refractivity contribution in [2.75, 3.05) is 16.8 Å². The van der Waals surface area contributed by atoms with Crippen LogP contribution in [0.15, 0.2) is 38.3 Å². The fourth-order valence-electron chi connectivity index (χ4n) is 1.80. The number of rotatable bonds is 7. The van der Waals surface area contributed by atoms with Gasteiger partial charge in [-0.05, 0) is 30.0 Å². The Labute approximate surface area is 160 Å². The molecule has 2 aromatic heterocycles. The molecule has 1 amide bonds. The number of nitrogens with zero attached hydrogens (tertiary/aromatic N) is 3. The van der Waals surface area contributed by atoms with E-state index >= 15 is 0 Å². The first-order chi connectivity index (χ1) is 12.1. The molecule has 1 N–H and O–H groups in total. The van der Waals surface area contributed by atoms with Crippen molar-refractivity contribution in [2.45, 2.75) is 15.6 Å². The van der Waals surface area contributed by atoms with Gasteiger partial charge in [-0.1, -0.05) is 41.8 Å². The van der Waals surface area contributed by atoms with Crippen LogP contribution in [-0.4, -0.2) is 32.6 Å². The maximum absolute atomic E-state index is 13.0. The van der Waals surface area contributed by atoms with E-state index in [9.17, 15) is 9.18 Å². The van der Waals surface area contributed by atoms with Crippen molar-refractivity contribution in [3.63, 3.8) is 0 Å². The molecule has 10 heteroatoms. The van der Waals surface area contributed by atoms with Crippen LogP contribution < -0.4 is 5.32 Å². The number of amides is 1. The van der Waals surface area contributed by atoms with Gasteiger partial charge in [-0.15, -0.1) is 21.5 Å². The van der Waals surface area contributed by atoms with Gasteiger partial charge in [0, 0.05) is 10.9 Å². The van der Waals surface area contributed by atoms with Crippen LogP contribution in [0.2, 0.25) is 0 Å². The van der Waals surface area contributed by atoms with Gasteiger partial charge in [0.05, 0.1) is 11.4 Å². The van der Waals surface area contributed by atoms with Gasteiger partial charge < -0.3 is 5.32 Å². The van der Waals surface area contributed by atoms with Crippen LogP contribution in [-0.2, 0) is 4.79 Å². The van der Waals surface area contributed by atoms with Crippen LogP contribution in [0.3, 0.4) is 0 Å². The zero-order valence-corrected chi connectivity index (χ0v) is 16.3. The molecule has 0 unspecified atom stereocenters. The number of hydrogen-bond acceptors (Lipinski definition) is 8. The third kappa shape index (κ3) is 5.24. The highest BCUT2D eigenvalue weighted by atomic mass is 32.2. The van der Waals surface area contributed by atoms with E-state index in [0.717, 1.165) is 20.0 Å². The van der Waals surface area contributed by atoms with Crippen LogP contribution in [0, 0.1) is 5.82 Å². The normalized spacial score (nSPS) is 10.8. The average molecular weight is 413 g/mol. The van der Waals surface area contributed by atoms with Crippen molar-refractivity contribution >= 4 is 57.2 Å². The molecule has 0 fully saturated rings. The summed E-state index contributed by atoms with van der Waals surface area (Å²) in [6.07, 6.45) is 0. The number of thioether (sulfide) groups is 2. The molecule has 0 radical (unpaired) electrons. The van der Waals surface area contributed by atoms with Crippen LogP contribution in [0.1, 0.15) is 6.92 Å². The predicted octanol–water partition coefficient (Wildman–Crippen LogP) is 4.64. The topological polar surface area (TPSA) is 67.8 Å². The number of benzene rings is 1. The Hall–Kier alpha value is -1.49. The summed E-state index contributed by atoms with van der Waals surface area (Å²) in [5.41, 5.74) is 1.51. The van der Waals surface area contributed by atoms with E-state index in [1.165, 1.54) is 46.6 Å². The van der Waals surface area contributed by atoms with Gasteiger partial charge in [0.25, 0.3) is 0 Å². The molecule has 0 aliphatic heterocycles. The first-order valence-electron chi connectivity index (χ1n) is 7.24. The summed E-state index contributed by atoms with van der Waals surface area (Å²) in [6, 6.07) is 6.09. The second-order valence-corrected chi connectivity index (χ2v) is 9.22. The SMILES string of the molecule is CCSc1nnc(SCC(=O)Nc2nc(-c3ccc(F)cc3)cs2)s1. The summed E-state index contributed by atoms with van der Waals surface area (Å²) in [5.74, 6) is 0.753. The van der Waals surface area contributed by atoms with E-state index in [1.54, 1.807) is 23.9 Å². The van der Waals surface area contributed by atoms with Crippen LogP contribution in [0.4, 0.5) is 9.52 Å². The summed E-state index contributed by atoms with van der Waals surface area (Å²) in [6.45, 7) is 2.06. The number of halogens is 1. The zero-order valence-electron chi connectivity index (χ0n) is 13.1. The maximum Gasteiger partial charge on any atom is 0.236 e. The number of carbonyl (C=O) groups is 1. The van der Waals surface area contributed by atoms with Crippen molar-refractivity contribution in [1.29, 1.82) is 0 Å². The first kappa shape index (κ1) is 18.3. The van der Waals surface area contributed by atoms with Gasteiger partial charge in [-0.2, -0.15) is 0 Å². The Balaban J connectivity index is 1.53. The summed E-state index contributed by atoms with van der Waals surface area (Å²) >= 11 is 5.81. The molecule has 0 aliphatic carbocycles. The molecule has 3 rings (SSSR count). The zero-order chi connectivity index (χ0) is 17.6. The number of thiazole rings is 1. The Morgan fingerprint density at radius 1 is 1.20 bits per heavy atom. The summed E-state index contributed by atoms with van der Waals surface area (Å²) in [7, 11) is 0. The molecule has 5 nitrogen and oxygen atoms in total. The highest BCUT2D eigenvalue weighted by molar-refractivity contribution is 8.03. The molecule has 130 valence electrons. The molecule has 1 aromatic carbocycles. The molecule has 3 aromatic rings. The van der Waals surface area contributed by atoms with Gasteiger partial charge in [0.15, 0.2) is 13.8 Å². The highest BCUT2D eigenvalue weighted by Gasteiger charge is 2.11. The molecular formula is C15H13FN4OS4. The van der Waals surface area contributed by atoms with Gasteiger partial charge in [0.2, 0.25) is 5.91 Å². The quantitative estimate of drug-likeness (QED) is 0.570. The third-order valence-electron chi connectivity index (χ3n) is 2.87. The maximum atomic E-state index is 13.0. The minimum absolute atomic E-state index is 0.148. The van der Waals surface area contributed by atoms with Crippen LogP contribution >= 0.6 is 46.2 Å². The fourth-order valence-corrected chi connectivity index (χ4v) is 5.26. The molecule has 0 bridgehead atoms. The van der Waals surface area contributed by atoms with Crippen molar-refractivity contribution in [1.82, 2.24) is 15.2 Å². The lowest BCUT2D eigenvalue weighted by Crippen LogP contribution is -2.13. The van der Waals surface area contributed by atoms with E-state index in [2.05, 4.69) is 27.4 Å². The molecule has 0 aliphatic rings. The fraction of sp³-hybridized carbons (Fsp3) is 0.200. The van der Waals surface area contributed by atoms with Crippen molar-refractivity contribution in [3.8, 4) is 11.3 Å². The predicted molar refractivity (Wildman–Crippen MR) is 103 cm³/mol. The summed E-state index contributed by atoms with van der Waals surface area (Å²) in [5, 5.41) is 13.2. The molecule has 0 saturated heterocycles. The molecule has 0 spiro atoms. The molecule has 0 saturated carbocycles. The number of aromatic nitrogens is 3. The lowest BCUT2D eigenvalue weighted by atomic mass is 10.2. The monoisotopic (exact) mass is 412 g/mol. The van der Waals surface area contributed by atoms with Crippen LogP contribution in [0.5, 0.6) is 0 Å². The second kappa shape index (κ2) is 8.75. The molecule has 2 heterocycles. The summed E-state index contributed by atoms with van der Waals surface area (Å²) < 4.78 is 14.6. The van der Waals surface area contributed by atoms with E-state index < -0.39 is 0 Å². The van der Waals surface area contributed by atoms with Gasteiger partial charge in [0.1, 0.15) is 5.82 Å². The van der Waals surface area contributed by atoms with E-state index in [1.807, 2.05) is 5.38 Å². The van der Waals surface area contributed by atoms with Crippen molar-refractivity contribution in [2.24, 2.45) is 0 Å². The largest absolute Gasteiger partial charge is 0.301 e. The van der Waals surface area contributed by atoms with Crippen molar-refractivity contribution in [3.05, 3.63) is 35.5 Å². The number of anilines is 1. The average Bonchev–Trinajstić information content (AvgIpc) is 3.24. The molecule has 0 atom stereocenters. The Bertz CT molecular complexity index is 849. The smallest absolute Gasteiger partial charge is 0.236 e.